The highest BCUT2D eigenvalue weighted by Crippen LogP contribution is 2.23. The van der Waals surface area contributed by atoms with E-state index in [9.17, 15) is 9.59 Å². The summed E-state index contributed by atoms with van der Waals surface area (Å²) in [6.45, 7) is 5.80. The lowest BCUT2D eigenvalue weighted by Crippen LogP contribution is -2.46. The lowest BCUT2D eigenvalue weighted by Gasteiger charge is -2.30. The summed E-state index contributed by atoms with van der Waals surface area (Å²) in [5.74, 6) is 0.834. The first-order valence-corrected chi connectivity index (χ1v) is 10.4. The molecule has 2 aliphatic rings. The van der Waals surface area contributed by atoms with E-state index in [4.69, 9.17) is 0 Å². The summed E-state index contributed by atoms with van der Waals surface area (Å²) in [5.41, 5.74) is 0.780. The average molecular weight is 364 g/mol. The Hall–Kier alpha value is -1.40. The topological polar surface area (TPSA) is 52.7 Å². The molecule has 1 aromatic rings. The third kappa shape index (κ3) is 5.05. The lowest BCUT2D eigenvalue weighted by atomic mass is 9.86. The number of carbonyl (C=O) groups is 2. The monoisotopic (exact) mass is 363 g/mol. The highest BCUT2D eigenvalue weighted by atomic mass is 32.1. The van der Waals surface area contributed by atoms with Crippen molar-refractivity contribution in [1.29, 1.82) is 0 Å². The fourth-order valence-corrected chi connectivity index (χ4v) is 4.52. The molecule has 5 nitrogen and oxygen atoms in total. The van der Waals surface area contributed by atoms with E-state index in [1.54, 1.807) is 11.3 Å². The SMILES string of the molecule is CC1CCCCC1NC(=O)CN1CCCN(C(=O)c2ccsc2)CC1. The molecule has 1 aromatic heterocycles. The molecule has 1 aliphatic carbocycles. The molecule has 0 radical (unpaired) electrons. The maximum atomic E-state index is 12.5. The molecule has 1 aliphatic heterocycles. The first kappa shape index (κ1) is 18.4. The van der Waals surface area contributed by atoms with E-state index >= 15 is 0 Å². The number of nitrogens with zero attached hydrogens (tertiary/aromatic N) is 2. The highest BCUT2D eigenvalue weighted by Gasteiger charge is 2.25. The predicted octanol–water partition coefficient (Wildman–Crippen LogP) is 2.59. The molecule has 6 heteroatoms. The molecule has 138 valence electrons. The van der Waals surface area contributed by atoms with E-state index < -0.39 is 0 Å². The number of carbonyl (C=O) groups excluding carboxylic acids is 2. The summed E-state index contributed by atoms with van der Waals surface area (Å²) < 4.78 is 0. The Kier molecular flexibility index (Phi) is 6.48. The van der Waals surface area contributed by atoms with Crippen molar-refractivity contribution < 1.29 is 9.59 Å². The second-order valence-corrected chi connectivity index (χ2v) is 8.15. The van der Waals surface area contributed by atoms with Gasteiger partial charge in [-0.3, -0.25) is 14.5 Å². The molecule has 3 rings (SSSR count). The molecule has 2 fully saturated rings. The van der Waals surface area contributed by atoms with Gasteiger partial charge in [-0.15, -0.1) is 0 Å². The zero-order chi connectivity index (χ0) is 17.6. The van der Waals surface area contributed by atoms with Crippen LogP contribution < -0.4 is 5.32 Å². The van der Waals surface area contributed by atoms with Gasteiger partial charge in [0, 0.05) is 37.6 Å². The molecule has 25 heavy (non-hydrogen) atoms. The maximum Gasteiger partial charge on any atom is 0.254 e. The first-order valence-electron chi connectivity index (χ1n) is 9.46. The van der Waals surface area contributed by atoms with Gasteiger partial charge in [0.1, 0.15) is 0 Å². The Morgan fingerprint density at radius 2 is 2.00 bits per heavy atom. The van der Waals surface area contributed by atoms with Crippen LogP contribution in [0.1, 0.15) is 49.4 Å². The molecular weight excluding hydrogens is 334 g/mol. The van der Waals surface area contributed by atoms with E-state index in [0.717, 1.165) is 38.0 Å². The van der Waals surface area contributed by atoms with Crippen LogP contribution in [0.2, 0.25) is 0 Å². The Morgan fingerprint density at radius 3 is 2.76 bits per heavy atom. The van der Waals surface area contributed by atoms with Gasteiger partial charge in [-0.25, -0.2) is 0 Å². The summed E-state index contributed by atoms with van der Waals surface area (Å²) in [6, 6.07) is 2.22. The number of rotatable bonds is 4. The van der Waals surface area contributed by atoms with Gasteiger partial charge >= 0.3 is 0 Å². The van der Waals surface area contributed by atoms with Crippen molar-refractivity contribution in [1.82, 2.24) is 15.1 Å². The van der Waals surface area contributed by atoms with Crippen LogP contribution in [0.5, 0.6) is 0 Å². The van der Waals surface area contributed by atoms with Crippen molar-refractivity contribution in [2.75, 3.05) is 32.7 Å². The number of amides is 2. The van der Waals surface area contributed by atoms with E-state index in [2.05, 4.69) is 17.1 Å². The van der Waals surface area contributed by atoms with Gasteiger partial charge in [0.15, 0.2) is 0 Å². The number of hydrogen-bond acceptors (Lipinski definition) is 4. The van der Waals surface area contributed by atoms with Crippen LogP contribution in [0.4, 0.5) is 0 Å². The highest BCUT2D eigenvalue weighted by molar-refractivity contribution is 7.08. The van der Waals surface area contributed by atoms with Crippen LogP contribution in [0.3, 0.4) is 0 Å². The summed E-state index contributed by atoms with van der Waals surface area (Å²) in [7, 11) is 0. The van der Waals surface area contributed by atoms with Crippen molar-refractivity contribution in [3.05, 3.63) is 22.4 Å². The van der Waals surface area contributed by atoms with Crippen LogP contribution in [0.25, 0.3) is 0 Å². The van der Waals surface area contributed by atoms with Gasteiger partial charge in [0.25, 0.3) is 5.91 Å². The van der Waals surface area contributed by atoms with Crippen molar-refractivity contribution in [3.63, 3.8) is 0 Å². The summed E-state index contributed by atoms with van der Waals surface area (Å²) >= 11 is 1.55. The fourth-order valence-electron chi connectivity index (χ4n) is 3.89. The molecule has 1 saturated carbocycles. The lowest BCUT2D eigenvalue weighted by molar-refractivity contribution is -0.123. The Labute approximate surface area is 154 Å². The second-order valence-electron chi connectivity index (χ2n) is 7.37. The van der Waals surface area contributed by atoms with Crippen molar-refractivity contribution in [2.24, 2.45) is 5.92 Å². The van der Waals surface area contributed by atoms with Crippen LogP contribution in [0, 0.1) is 5.92 Å². The minimum absolute atomic E-state index is 0.114. The van der Waals surface area contributed by atoms with Gasteiger partial charge in [-0.05, 0) is 36.6 Å². The normalized spacial score (nSPS) is 25.4. The number of hydrogen-bond donors (Lipinski definition) is 1. The molecule has 0 bridgehead atoms. The smallest absolute Gasteiger partial charge is 0.254 e. The van der Waals surface area contributed by atoms with E-state index in [-0.39, 0.29) is 11.8 Å². The molecule has 2 amide bonds. The van der Waals surface area contributed by atoms with Gasteiger partial charge in [0.2, 0.25) is 5.91 Å². The number of thiophene rings is 1. The zero-order valence-electron chi connectivity index (χ0n) is 15.1. The average Bonchev–Trinajstić information content (AvgIpc) is 3.04. The minimum Gasteiger partial charge on any atom is -0.352 e. The van der Waals surface area contributed by atoms with Gasteiger partial charge in [0.05, 0.1) is 12.1 Å². The fraction of sp³-hybridized carbons (Fsp3) is 0.684. The van der Waals surface area contributed by atoms with Crippen molar-refractivity contribution in [3.8, 4) is 0 Å². The Morgan fingerprint density at radius 1 is 1.16 bits per heavy atom. The molecule has 1 N–H and O–H groups in total. The van der Waals surface area contributed by atoms with Crippen molar-refractivity contribution >= 4 is 23.2 Å². The molecule has 0 spiro atoms. The van der Waals surface area contributed by atoms with E-state index in [1.807, 2.05) is 21.7 Å². The Balaban J connectivity index is 1.46. The van der Waals surface area contributed by atoms with Crippen LogP contribution in [-0.2, 0) is 4.79 Å². The third-order valence-electron chi connectivity index (χ3n) is 5.47. The Bertz CT molecular complexity index is 575. The predicted molar refractivity (Wildman–Crippen MR) is 101 cm³/mol. The molecular formula is C19H29N3O2S. The van der Waals surface area contributed by atoms with E-state index in [0.29, 0.717) is 25.0 Å². The first-order chi connectivity index (χ1) is 12.1. The maximum absolute atomic E-state index is 12.5. The molecule has 2 unspecified atom stereocenters. The van der Waals surface area contributed by atoms with Gasteiger partial charge in [-0.1, -0.05) is 19.8 Å². The molecule has 0 aromatic carbocycles. The van der Waals surface area contributed by atoms with Crippen LogP contribution in [-0.4, -0.2) is 60.4 Å². The third-order valence-corrected chi connectivity index (χ3v) is 6.15. The van der Waals surface area contributed by atoms with Crippen LogP contribution in [0.15, 0.2) is 16.8 Å². The molecule has 2 atom stereocenters. The van der Waals surface area contributed by atoms with Gasteiger partial charge in [-0.2, -0.15) is 11.3 Å². The minimum atomic E-state index is 0.114. The summed E-state index contributed by atoms with van der Waals surface area (Å²) in [4.78, 5) is 29.0. The van der Waals surface area contributed by atoms with Crippen molar-refractivity contribution in [2.45, 2.75) is 45.1 Å². The molecule has 2 heterocycles. The molecule has 1 saturated heterocycles. The van der Waals surface area contributed by atoms with E-state index in [1.165, 1.54) is 19.3 Å². The summed E-state index contributed by atoms with van der Waals surface area (Å²) in [6.07, 6.45) is 5.75. The zero-order valence-corrected chi connectivity index (χ0v) is 15.9. The second kappa shape index (κ2) is 8.81. The standard InChI is InChI=1S/C19H29N3O2S/c1-15-5-2-3-6-17(15)20-18(23)13-21-8-4-9-22(11-10-21)19(24)16-7-12-25-14-16/h7,12,14-15,17H,2-6,8-11,13H2,1H3,(H,20,23). The number of nitrogens with one attached hydrogen (secondary N) is 1. The van der Waals surface area contributed by atoms with Crippen LogP contribution >= 0.6 is 11.3 Å². The summed E-state index contributed by atoms with van der Waals surface area (Å²) in [5, 5.41) is 7.08. The quantitative estimate of drug-likeness (QED) is 0.895. The van der Waals surface area contributed by atoms with Gasteiger partial charge < -0.3 is 10.2 Å². The largest absolute Gasteiger partial charge is 0.352 e.